The van der Waals surface area contributed by atoms with Gasteiger partial charge in [0.2, 0.25) is 0 Å². The van der Waals surface area contributed by atoms with E-state index < -0.39 is 17.7 Å². The lowest BCUT2D eigenvalue weighted by molar-refractivity contribution is 0.0599. The average Bonchev–Trinajstić information content (AvgIpc) is 2.28. The molecule has 0 bridgehead atoms. The van der Waals surface area contributed by atoms with Gasteiger partial charge in [-0.3, -0.25) is 5.32 Å². The number of methoxy groups -OCH3 is 1. The maximum Gasteiger partial charge on any atom is 0.412 e. The second kappa shape index (κ2) is 5.60. The molecule has 6 heteroatoms. The SMILES string of the molecule is COC(=O)c1ccc(NC(=O)OC(C)(C)C)c(N)c1. The number of rotatable bonds is 2. The summed E-state index contributed by atoms with van der Waals surface area (Å²) in [7, 11) is 1.28. The highest BCUT2D eigenvalue weighted by atomic mass is 16.6. The van der Waals surface area contributed by atoms with Crippen LogP contribution in [0.5, 0.6) is 0 Å². The van der Waals surface area contributed by atoms with E-state index in [9.17, 15) is 9.59 Å². The number of hydrogen-bond acceptors (Lipinski definition) is 5. The zero-order valence-electron chi connectivity index (χ0n) is 11.4. The second-order valence-electron chi connectivity index (χ2n) is 4.92. The van der Waals surface area contributed by atoms with Gasteiger partial charge in [-0.1, -0.05) is 0 Å². The van der Waals surface area contributed by atoms with Gasteiger partial charge in [0.1, 0.15) is 5.60 Å². The first-order valence-electron chi connectivity index (χ1n) is 5.71. The highest BCUT2D eigenvalue weighted by molar-refractivity contribution is 5.94. The van der Waals surface area contributed by atoms with E-state index in [2.05, 4.69) is 10.1 Å². The fourth-order valence-corrected chi connectivity index (χ4v) is 1.33. The lowest BCUT2D eigenvalue weighted by Crippen LogP contribution is -2.27. The number of benzene rings is 1. The Balaban J connectivity index is 2.81. The molecule has 0 saturated heterocycles. The number of hydrogen-bond donors (Lipinski definition) is 2. The molecule has 6 nitrogen and oxygen atoms in total. The largest absolute Gasteiger partial charge is 0.465 e. The van der Waals surface area contributed by atoms with Gasteiger partial charge in [0.15, 0.2) is 0 Å². The highest BCUT2D eigenvalue weighted by Gasteiger charge is 2.17. The van der Waals surface area contributed by atoms with Gasteiger partial charge in [-0.15, -0.1) is 0 Å². The van der Waals surface area contributed by atoms with Crippen LogP contribution in [-0.2, 0) is 9.47 Å². The van der Waals surface area contributed by atoms with Gasteiger partial charge in [0.25, 0.3) is 0 Å². The zero-order valence-corrected chi connectivity index (χ0v) is 11.4. The van der Waals surface area contributed by atoms with Gasteiger partial charge < -0.3 is 15.2 Å². The molecular weight excluding hydrogens is 248 g/mol. The molecule has 1 aromatic carbocycles. The van der Waals surface area contributed by atoms with Crippen molar-refractivity contribution >= 4 is 23.4 Å². The van der Waals surface area contributed by atoms with Crippen LogP contribution < -0.4 is 11.1 Å². The predicted molar refractivity (Wildman–Crippen MR) is 72.1 cm³/mol. The van der Waals surface area contributed by atoms with Crippen molar-refractivity contribution in [2.24, 2.45) is 0 Å². The standard InChI is InChI=1S/C13H18N2O4/c1-13(2,3)19-12(17)15-10-6-5-8(7-9(10)14)11(16)18-4/h5-7H,14H2,1-4H3,(H,15,17). The van der Waals surface area contributed by atoms with Gasteiger partial charge in [-0.2, -0.15) is 0 Å². The van der Waals surface area contributed by atoms with E-state index in [0.29, 0.717) is 11.3 Å². The van der Waals surface area contributed by atoms with Crippen LogP contribution in [-0.4, -0.2) is 24.8 Å². The molecule has 0 aliphatic carbocycles. The first kappa shape index (κ1) is 14.8. The van der Waals surface area contributed by atoms with Gasteiger partial charge >= 0.3 is 12.1 Å². The number of amides is 1. The lowest BCUT2D eigenvalue weighted by Gasteiger charge is -2.20. The van der Waals surface area contributed by atoms with Crippen LogP contribution in [0.15, 0.2) is 18.2 Å². The van der Waals surface area contributed by atoms with E-state index >= 15 is 0 Å². The van der Waals surface area contributed by atoms with E-state index in [1.807, 2.05) is 0 Å². The third-order valence-corrected chi connectivity index (χ3v) is 2.11. The van der Waals surface area contributed by atoms with E-state index in [-0.39, 0.29) is 5.69 Å². The molecule has 0 spiro atoms. The highest BCUT2D eigenvalue weighted by Crippen LogP contribution is 2.21. The van der Waals surface area contributed by atoms with Gasteiger partial charge in [-0.25, -0.2) is 9.59 Å². The molecule has 0 fully saturated rings. The number of carbonyl (C=O) groups excluding carboxylic acids is 2. The quantitative estimate of drug-likeness (QED) is 0.633. The number of nitrogens with one attached hydrogen (secondary N) is 1. The fourth-order valence-electron chi connectivity index (χ4n) is 1.33. The molecule has 104 valence electrons. The Hall–Kier alpha value is -2.24. The van der Waals surface area contributed by atoms with Crippen LogP contribution in [0.25, 0.3) is 0 Å². The first-order valence-corrected chi connectivity index (χ1v) is 5.71. The third-order valence-electron chi connectivity index (χ3n) is 2.11. The minimum absolute atomic E-state index is 0.258. The molecule has 0 heterocycles. The number of anilines is 2. The summed E-state index contributed by atoms with van der Waals surface area (Å²) in [6.07, 6.45) is -0.606. The summed E-state index contributed by atoms with van der Waals surface area (Å²) >= 11 is 0. The fraction of sp³-hybridized carbons (Fsp3) is 0.385. The van der Waals surface area contributed by atoms with Gasteiger partial charge in [-0.05, 0) is 39.0 Å². The monoisotopic (exact) mass is 266 g/mol. The van der Waals surface area contributed by atoms with E-state index in [0.717, 1.165) is 0 Å². The van der Waals surface area contributed by atoms with Crippen molar-refractivity contribution in [3.63, 3.8) is 0 Å². The zero-order chi connectivity index (χ0) is 14.6. The molecule has 1 rings (SSSR count). The molecular formula is C13H18N2O4. The summed E-state index contributed by atoms with van der Waals surface area (Å²) < 4.78 is 9.67. The summed E-state index contributed by atoms with van der Waals surface area (Å²) in [6.45, 7) is 5.28. The van der Waals surface area contributed by atoms with Crippen molar-refractivity contribution in [3.8, 4) is 0 Å². The Morgan fingerprint density at radius 3 is 2.37 bits per heavy atom. The summed E-state index contributed by atoms with van der Waals surface area (Å²) in [5.41, 5.74) is 6.10. The second-order valence-corrected chi connectivity index (χ2v) is 4.92. The number of ether oxygens (including phenoxy) is 2. The van der Waals surface area contributed by atoms with Crippen LogP contribution in [0.1, 0.15) is 31.1 Å². The molecule has 0 saturated carbocycles. The van der Waals surface area contributed by atoms with Crippen molar-refractivity contribution in [1.29, 1.82) is 0 Å². The van der Waals surface area contributed by atoms with Crippen molar-refractivity contribution in [2.75, 3.05) is 18.2 Å². The molecule has 0 radical (unpaired) electrons. The Bertz CT molecular complexity index is 492. The maximum absolute atomic E-state index is 11.6. The Morgan fingerprint density at radius 2 is 1.89 bits per heavy atom. The molecule has 0 unspecified atom stereocenters. The Morgan fingerprint density at radius 1 is 1.26 bits per heavy atom. The van der Waals surface area contributed by atoms with Gasteiger partial charge in [0, 0.05) is 0 Å². The van der Waals surface area contributed by atoms with E-state index in [4.69, 9.17) is 10.5 Å². The van der Waals surface area contributed by atoms with Crippen molar-refractivity contribution in [1.82, 2.24) is 0 Å². The summed E-state index contributed by atoms with van der Waals surface area (Å²) in [6, 6.07) is 4.46. The topological polar surface area (TPSA) is 90.6 Å². The summed E-state index contributed by atoms with van der Waals surface area (Å²) in [5.74, 6) is -0.490. The molecule has 19 heavy (non-hydrogen) atoms. The summed E-state index contributed by atoms with van der Waals surface area (Å²) in [5, 5.41) is 2.51. The molecule has 0 atom stereocenters. The van der Waals surface area contributed by atoms with Crippen LogP contribution in [0.3, 0.4) is 0 Å². The van der Waals surface area contributed by atoms with Crippen LogP contribution >= 0.6 is 0 Å². The Kier molecular flexibility index (Phi) is 4.37. The third kappa shape index (κ3) is 4.50. The van der Waals surface area contributed by atoms with Crippen LogP contribution in [0.4, 0.5) is 16.2 Å². The molecule has 0 aliphatic rings. The van der Waals surface area contributed by atoms with Gasteiger partial charge in [0.05, 0.1) is 24.0 Å². The lowest BCUT2D eigenvalue weighted by atomic mass is 10.1. The number of nitrogen functional groups attached to an aromatic ring is 1. The van der Waals surface area contributed by atoms with E-state index in [1.54, 1.807) is 20.8 Å². The molecule has 1 aromatic rings. The first-order chi connectivity index (χ1) is 8.73. The Labute approximate surface area is 111 Å². The molecule has 0 aliphatic heterocycles. The number of nitrogens with two attached hydrogens (primary N) is 1. The van der Waals surface area contributed by atoms with Crippen LogP contribution in [0.2, 0.25) is 0 Å². The minimum Gasteiger partial charge on any atom is -0.465 e. The summed E-state index contributed by atoms with van der Waals surface area (Å²) in [4.78, 5) is 22.9. The number of carbonyl (C=O) groups is 2. The average molecular weight is 266 g/mol. The predicted octanol–water partition coefficient (Wildman–Crippen LogP) is 2.40. The number of esters is 1. The van der Waals surface area contributed by atoms with Crippen molar-refractivity contribution < 1.29 is 19.1 Å². The molecule has 3 N–H and O–H groups in total. The smallest absolute Gasteiger partial charge is 0.412 e. The van der Waals surface area contributed by atoms with E-state index in [1.165, 1.54) is 25.3 Å². The molecule has 0 aromatic heterocycles. The minimum atomic E-state index is -0.606. The van der Waals surface area contributed by atoms with Crippen molar-refractivity contribution in [2.45, 2.75) is 26.4 Å². The van der Waals surface area contributed by atoms with Crippen molar-refractivity contribution in [3.05, 3.63) is 23.8 Å². The van der Waals surface area contributed by atoms with Crippen LogP contribution in [0, 0.1) is 0 Å². The molecule has 1 amide bonds. The normalized spacial score (nSPS) is 10.7. The maximum atomic E-state index is 11.6.